The molecule has 4 aliphatic heterocycles. The second-order valence-electron chi connectivity index (χ2n) is 30.2. The van der Waals surface area contributed by atoms with E-state index in [9.17, 15) is 38.4 Å². The average molecular weight is 2090 g/mol. The SMILES string of the molecule is CN1CCN=C1c1ccc(C(=O)Nc2ccc(Br)cc2C(=O)Nc2ccc(Cl)cn2)cc1.N=C(c1ccc(C(=O)Nc2ccc(Br)cc2C(=O)Nc2ccc(Cl)cn2)cc1)N1CCCC1.N=C(c1ccc(C(=O)Nc2ccc(Br)cc2C(=O)Nc2ccc(Cl)cn2)cc1)N1CCCCC1.N=C(c1ccc(C(=O)Nc2ccc(Cl)cc2C(=O)Nc2ccc(Cl)cn2)cc1)N1CCSCC1. The van der Waals surface area contributed by atoms with Gasteiger partial charge in [0.25, 0.3) is 47.3 Å². The lowest BCUT2D eigenvalue weighted by molar-refractivity contribution is 0.101. The fourth-order valence-corrected chi connectivity index (χ4v) is 16.5. The van der Waals surface area contributed by atoms with Crippen molar-refractivity contribution in [2.75, 3.05) is 113 Å². The zero-order chi connectivity index (χ0) is 94.2. The van der Waals surface area contributed by atoms with E-state index in [-0.39, 0.29) is 40.3 Å². The largest absolute Gasteiger partial charge is 0.358 e. The Kier molecular flexibility index (Phi) is 34.6. The van der Waals surface area contributed by atoms with Crippen LogP contribution in [0.1, 0.15) is 137 Å². The van der Waals surface area contributed by atoms with Gasteiger partial charge in [-0.05, 0) is 202 Å². The van der Waals surface area contributed by atoms with Crippen LogP contribution >= 0.6 is 118 Å². The lowest BCUT2D eigenvalue weighted by atomic mass is 10.1. The number of thioether (sulfide) groups is 1. The number of benzene rings is 8. The maximum absolute atomic E-state index is 12.9. The quantitative estimate of drug-likeness (QED) is 0.0249. The number of pyridine rings is 4. The Morgan fingerprint density at radius 1 is 0.308 bits per heavy atom. The van der Waals surface area contributed by atoms with Crippen molar-refractivity contribution in [2.45, 2.75) is 32.1 Å². The monoisotopic (exact) mass is 2090 g/mol. The maximum atomic E-state index is 12.9. The maximum Gasteiger partial charge on any atom is 0.258 e. The average Bonchev–Trinajstić information content (AvgIpc) is 1.81. The normalized spacial score (nSPS) is 13.1. The van der Waals surface area contributed by atoms with E-state index in [0.29, 0.717) is 130 Å². The van der Waals surface area contributed by atoms with Gasteiger partial charge in [0.05, 0.1) is 71.6 Å². The van der Waals surface area contributed by atoms with Crippen LogP contribution in [0.2, 0.25) is 25.1 Å². The zero-order valence-electron chi connectivity index (χ0n) is 70.9. The first-order valence-corrected chi connectivity index (χ1v) is 47.0. The van der Waals surface area contributed by atoms with Gasteiger partial charge in [-0.3, -0.25) is 59.6 Å². The van der Waals surface area contributed by atoms with Crippen molar-refractivity contribution >= 4 is 234 Å². The van der Waals surface area contributed by atoms with Gasteiger partial charge in [-0.1, -0.05) is 154 Å². The first-order valence-electron chi connectivity index (χ1n) is 41.5. The summed E-state index contributed by atoms with van der Waals surface area (Å²) in [6, 6.07) is 60.6. The van der Waals surface area contributed by atoms with Crippen molar-refractivity contribution in [1.82, 2.24) is 39.5 Å². The molecule has 678 valence electrons. The van der Waals surface area contributed by atoms with Crippen LogP contribution in [0.25, 0.3) is 0 Å². The van der Waals surface area contributed by atoms with Crippen LogP contribution in [-0.4, -0.2) is 181 Å². The summed E-state index contributed by atoms with van der Waals surface area (Å²) < 4.78 is 2.09. The van der Waals surface area contributed by atoms with E-state index in [1.165, 1.54) is 37.3 Å². The smallest absolute Gasteiger partial charge is 0.258 e. The molecule has 37 heteroatoms. The molecule has 4 aromatic heterocycles. The Morgan fingerprint density at radius 2 is 0.579 bits per heavy atom. The molecule has 12 aromatic rings. The summed E-state index contributed by atoms with van der Waals surface area (Å²) in [6.45, 7) is 6.91. The minimum atomic E-state index is -0.476. The Bertz CT molecular complexity index is 6150. The van der Waals surface area contributed by atoms with E-state index >= 15 is 0 Å². The van der Waals surface area contributed by atoms with Gasteiger partial charge in [0.2, 0.25) is 0 Å². The van der Waals surface area contributed by atoms with E-state index in [4.69, 9.17) is 74.2 Å². The summed E-state index contributed by atoms with van der Waals surface area (Å²) in [5, 5.41) is 49.4. The summed E-state index contributed by atoms with van der Waals surface area (Å²) in [4.78, 5) is 132. The fourth-order valence-electron chi connectivity index (χ4n) is 13.9. The number of aromatic nitrogens is 4. The molecule has 133 heavy (non-hydrogen) atoms. The van der Waals surface area contributed by atoms with Crippen molar-refractivity contribution in [1.29, 1.82) is 16.2 Å². The minimum Gasteiger partial charge on any atom is -0.358 e. The van der Waals surface area contributed by atoms with E-state index in [2.05, 4.69) is 125 Å². The number of amidine groups is 4. The van der Waals surface area contributed by atoms with Crippen LogP contribution in [0, 0.1) is 16.2 Å². The van der Waals surface area contributed by atoms with Gasteiger partial charge in [-0.25, -0.2) is 19.9 Å². The number of halogens is 8. The van der Waals surface area contributed by atoms with Gasteiger partial charge < -0.3 is 62.1 Å². The molecular weight excluding hydrogens is 2010 g/mol. The fraction of sp³-hybridized carbons (Fsp3) is 0.167. The molecule has 11 N–H and O–H groups in total. The summed E-state index contributed by atoms with van der Waals surface area (Å²) >= 11 is 41.5. The zero-order valence-corrected chi connectivity index (χ0v) is 80.3. The molecule has 0 radical (unpaired) electrons. The van der Waals surface area contributed by atoms with Crippen molar-refractivity contribution in [3.8, 4) is 0 Å². The number of nitrogens with one attached hydrogen (secondary N) is 11. The molecule has 0 spiro atoms. The topological polar surface area (TPSA) is 381 Å². The number of aliphatic imine (C=N–C) groups is 1. The second kappa shape index (κ2) is 47.0. The number of carbonyl (C=O) groups excluding carboxylic acids is 8. The van der Waals surface area contributed by atoms with Crippen molar-refractivity contribution in [3.63, 3.8) is 0 Å². The van der Waals surface area contributed by atoms with Crippen molar-refractivity contribution < 1.29 is 38.4 Å². The number of hydrogen-bond donors (Lipinski definition) is 11. The molecule has 16 rings (SSSR count). The van der Waals surface area contributed by atoms with E-state index in [1.54, 1.807) is 200 Å². The second-order valence-corrected chi connectivity index (χ2v) is 36.3. The number of likely N-dealkylation sites (N-methyl/N-ethyl adjacent to an activating group) is 1. The third-order valence-corrected chi connectivity index (χ3v) is 24.5. The predicted molar refractivity (Wildman–Crippen MR) is 540 cm³/mol. The van der Waals surface area contributed by atoms with Crippen LogP contribution < -0.4 is 42.5 Å². The number of amides is 8. The van der Waals surface area contributed by atoms with Crippen molar-refractivity contribution in [3.05, 3.63) is 348 Å². The van der Waals surface area contributed by atoms with E-state index in [0.717, 1.165) is 118 Å². The number of nitrogens with zero attached hydrogens (tertiary/aromatic N) is 9. The van der Waals surface area contributed by atoms with Crippen LogP contribution in [0.3, 0.4) is 0 Å². The minimum absolute atomic E-state index is 0.193. The van der Waals surface area contributed by atoms with Crippen molar-refractivity contribution in [2.24, 2.45) is 4.99 Å². The Balaban J connectivity index is 0.000000151. The molecule has 0 atom stereocenters. The number of rotatable bonds is 20. The highest BCUT2D eigenvalue weighted by atomic mass is 79.9. The lowest BCUT2D eigenvalue weighted by Crippen LogP contribution is -2.37. The highest BCUT2D eigenvalue weighted by molar-refractivity contribution is 9.11. The predicted octanol–water partition coefficient (Wildman–Crippen LogP) is 21.2. The molecule has 4 aliphatic rings. The Hall–Kier alpha value is -12.8. The van der Waals surface area contributed by atoms with Gasteiger partial charge >= 0.3 is 0 Å². The van der Waals surface area contributed by atoms with Gasteiger partial charge in [0.1, 0.15) is 46.6 Å². The number of piperidine rings is 1. The van der Waals surface area contributed by atoms with Gasteiger partial charge in [0.15, 0.2) is 0 Å². The number of anilines is 8. The summed E-state index contributed by atoms with van der Waals surface area (Å²) in [5.41, 5.74) is 7.48. The first kappa shape index (κ1) is 97.8. The summed E-state index contributed by atoms with van der Waals surface area (Å²) in [6.07, 6.45) is 11.3. The van der Waals surface area contributed by atoms with E-state index in [1.807, 2.05) is 40.7 Å². The highest BCUT2D eigenvalue weighted by Crippen LogP contribution is 2.31. The van der Waals surface area contributed by atoms with Crippen LogP contribution in [-0.2, 0) is 0 Å². The molecule has 0 unspecified atom stereocenters. The van der Waals surface area contributed by atoms with Gasteiger partial charge in [-0.2, -0.15) is 11.8 Å². The number of carbonyl (C=O) groups is 8. The van der Waals surface area contributed by atoms with Gasteiger partial charge in [-0.15, -0.1) is 0 Å². The third kappa shape index (κ3) is 27.5. The molecular formula is C96H84Br3Cl5N20O8S. The van der Waals surface area contributed by atoms with Crippen LogP contribution in [0.5, 0.6) is 0 Å². The number of likely N-dealkylation sites (tertiary alicyclic amines) is 2. The third-order valence-electron chi connectivity index (χ3n) is 20.9. The number of hydrogen-bond acceptors (Lipinski definition) is 18. The molecule has 8 heterocycles. The molecule has 28 nitrogen and oxygen atoms in total. The van der Waals surface area contributed by atoms with Crippen LogP contribution in [0.4, 0.5) is 46.0 Å². The van der Waals surface area contributed by atoms with Crippen LogP contribution in [0.15, 0.2) is 262 Å². The molecule has 0 saturated carbocycles. The Morgan fingerprint density at radius 3 is 0.872 bits per heavy atom. The van der Waals surface area contributed by atoms with Gasteiger partial charge in [0, 0.05) is 152 Å². The molecule has 8 amide bonds. The first-order chi connectivity index (χ1) is 64.1. The standard InChI is InChI=1S/C25H23BrClN5O2.C24H21BrClN5O2.C24H21Cl2N5O2S.C23H19BrClN5O2/c26-18-8-10-21(20(14-18)25(34)31-22-11-9-19(27)15-29-22)30-24(33)17-6-4-16(5-7-17)23(28)32-12-2-1-3-13-32;25-17-7-9-20(19(13-17)24(33)30-21-10-8-18(26)14-28-21)29-23(32)16-5-3-15(4-6-16)22(27)31-11-1-2-12-31;25-17-5-7-20(19(13-17)24(33)30-21-8-6-18(26)14-28-21)29-23(32)16-3-1-15(2-4-16)22(27)31-9-11-34-12-10-31;1-30-11-10-26-21(30)14-2-4-15(5-3-14)22(31)28-19-8-6-16(24)12-18(19)23(32)29-20-9-7-17(25)13-27-20/h4-11,14-15,28H,1-3,12-13H2,(H,30,33)(H,29,31,34);3-10,13-14,27H,1-2,11-12H2,(H,29,32)(H,28,30,33);1-8,13-14,27H,9-12H2,(H,29,32)(H,28,30,33);2-9,12-13H,10-11H2,1H3,(H,28,31)(H,27,29,32). The lowest BCUT2D eigenvalue weighted by Gasteiger charge is -2.29. The Labute approximate surface area is 820 Å². The summed E-state index contributed by atoms with van der Waals surface area (Å²) in [5.74, 6) is 2.58. The molecule has 0 aliphatic carbocycles. The molecule has 3 saturated heterocycles. The van der Waals surface area contributed by atoms with E-state index < -0.39 is 23.6 Å². The molecule has 0 bridgehead atoms. The highest BCUT2D eigenvalue weighted by Gasteiger charge is 2.26. The summed E-state index contributed by atoms with van der Waals surface area (Å²) in [7, 11) is 1.99. The molecule has 3 fully saturated rings. The molecule has 8 aromatic carbocycles.